The van der Waals surface area contributed by atoms with Gasteiger partial charge in [0.25, 0.3) is 0 Å². The fourth-order valence-electron chi connectivity index (χ4n) is 2.48. The van der Waals surface area contributed by atoms with Gasteiger partial charge in [-0.15, -0.1) is 0 Å². The van der Waals surface area contributed by atoms with Gasteiger partial charge < -0.3 is 5.32 Å². The van der Waals surface area contributed by atoms with Gasteiger partial charge in [0.1, 0.15) is 11.6 Å². The van der Waals surface area contributed by atoms with Gasteiger partial charge in [-0.3, -0.25) is 0 Å². The molecule has 1 N–H and O–H groups in total. The van der Waals surface area contributed by atoms with E-state index in [2.05, 4.69) is 5.32 Å². The first kappa shape index (κ1) is 15.9. The smallest absolute Gasteiger partial charge is 0.127 e. The van der Waals surface area contributed by atoms with Crippen molar-refractivity contribution < 1.29 is 8.78 Å². The van der Waals surface area contributed by atoms with Crippen LogP contribution in [0.4, 0.5) is 8.78 Å². The Kier molecular flexibility index (Phi) is 5.71. The normalized spacial score (nSPS) is 12.4. The lowest BCUT2D eigenvalue weighted by Crippen LogP contribution is -2.23. The van der Waals surface area contributed by atoms with Crippen LogP contribution in [0.3, 0.4) is 0 Å². The number of nitrogens with one attached hydrogen (secondary N) is 1. The lowest BCUT2D eigenvalue weighted by atomic mass is 9.92. The van der Waals surface area contributed by atoms with Gasteiger partial charge in [0, 0.05) is 10.6 Å². The molecule has 0 radical (unpaired) electrons. The molecule has 0 bridgehead atoms. The second kappa shape index (κ2) is 7.53. The molecule has 0 amide bonds. The van der Waals surface area contributed by atoms with Gasteiger partial charge in [-0.25, -0.2) is 8.78 Å². The van der Waals surface area contributed by atoms with Gasteiger partial charge in [-0.1, -0.05) is 29.8 Å². The van der Waals surface area contributed by atoms with Crippen LogP contribution < -0.4 is 5.32 Å². The van der Waals surface area contributed by atoms with E-state index >= 15 is 0 Å². The van der Waals surface area contributed by atoms with Crippen molar-refractivity contribution in [3.63, 3.8) is 0 Å². The van der Waals surface area contributed by atoms with Crippen LogP contribution in [0.5, 0.6) is 0 Å². The minimum atomic E-state index is -0.275. The minimum Gasteiger partial charge on any atom is -0.319 e. The van der Waals surface area contributed by atoms with Crippen molar-refractivity contribution in [3.05, 3.63) is 70.2 Å². The molecule has 0 saturated heterocycles. The second-order valence-electron chi connectivity index (χ2n) is 5.16. The van der Waals surface area contributed by atoms with Crippen LogP contribution in [0.15, 0.2) is 42.5 Å². The van der Waals surface area contributed by atoms with E-state index in [1.807, 2.05) is 7.05 Å². The maximum atomic E-state index is 13.9. The summed E-state index contributed by atoms with van der Waals surface area (Å²) < 4.78 is 26.8. The predicted octanol–water partition coefficient (Wildman–Crippen LogP) is 4.24. The highest BCUT2D eigenvalue weighted by molar-refractivity contribution is 6.31. The van der Waals surface area contributed by atoms with E-state index in [1.165, 1.54) is 18.2 Å². The highest BCUT2D eigenvalue weighted by Crippen LogP contribution is 2.24. The zero-order valence-electron chi connectivity index (χ0n) is 11.9. The van der Waals surface area contributed by atoms with Crippen LogP contribution >= 0.6 is 11.6 Å². The summed E-state index contributed by atoms with van der Waals surface area (Å²) in [7, 11) is 1.86. The summed E-state index contributed by atoms with van der Waals surface area (Å²) in [5.74, 6) is -0.335. The first-order chi connectivity index (χ1) is 10.1. The quantitative estimate of drug-likeness (QED) is 0.841. The van der Waals surface area contributed by atoms with Crippen LogP contribution in [0, 0.1) is 17.6 Å². The molecule has 0 fully saturated rings. The molecule has 2 aromatic carbocycles. The number of benzene rings is 2. The zero-order valence-corrected chi connectivity index (χ0v) is 12.6. The Morgan fingerprint density at radius 2 is 1.76 bits per heavy atom. The molecule has 1 nitrogen and oxygen atoms in total. The van der Waals surface area contributed by atoms with E-state index in [0.29, 0.717) is 17.0 Å². The fourth-order valence-corrected chi connectivity index (χ4v) is 2.72. The van der Waals surface area contributed by atoms with Crippen molar-refractivity contribution in [3.8, 4) is 0 Å². The van der Waals surface area contributed by atoms with E-state index in [0.717, 1.165) is 18.5 Å². The van der Waals surface area contributed by atoms with E-state index in [-0.39, 0.29) is 17.6 Å². The second-order valence-corrected chi connectivity index (χ2v) is 5.57. The number of hydrogen-bond acceptors (Lipinski definition) is 1. The lowest BCUT2D eigenvalue weighted by molar-refractivity contribution is 0.479. The molecule has 0 heterocycles. The Balaban J connectivity index is 2.13. The van der Waals surface area contributed by atoms with Crippen LogP contribution in [-0.4, -0.2) is 13.6 Å². The molecule has 1 atom stereocenters. The van der Waals surface area contributed by atoms with Gasteiger partial charge in [0.05, 0.1) is 0 Å². The van der Waals surface area contributed by atoms with Crippen molar-refractivity contribution in [2.24, 2.45) is 5.92 Å². The van der Waals surface area contributed by atoms with Crippen molar-refractivity contribution >= 4 is 11.6 Å². The Bertz CT molecular complexity index is 564. The topological polar surface area (TPSA) is 12.0 Å². The monoisotopic (exact) mass is 309 g/mol. The number of rotatable bonds is 6. The standard InChI is InChI=1S/C17H18ClF2N/c1-21-11-13(9-12-5-7-14(19)8-6-12)10-15-16(18)3-2-4-17(15)20/h2-8,13,21H,9-11H2,1H3. The van der Waals surface area contributed by atoms with Gasteiger partial charge in [-0.05, 0) is 62.2 Å². The van der Waals surface area contributed by atoms with E-state index in [9.17, 15) is 8.78 Å². The number of hydrogen-bond donors (Lipinski definition) is 1. The summed E-state index contributed by atoms with van der Waals surface area (Å²) in [5.41, 5.74) is 1.57. The average molecular weight is 310 g/mol. The average Bonchev–Trinajstić information content (AvgIpc) is 2.45. The first-order valence-corrected chi connectivity index (χ1v) is 7.30. The molecule has 0 aliphatic rings. The highest BCUT2D eigenvalue weighted by Gasteiger charge is 2.15. The molecule has 0 spiro atoms. The Morgan fingerprint density at radius 3 is 2.38 bits per heavy atom. The third-order valence-electron chi connectivity index (χ3n) is 3.48. The summed E-state index contributed by atoms with van der Waals surface area (Å²) in [5, 5.41) is 3.57. The summed E-state index contributed by atoms with van der Waals surface area (Å²) in [4.78, 5) is 0. The Labute approximate surface area is 128 Å². The van der Waals surface area contributed by atoms with Crippen LogP contribution in [0.2, 0.25) is 5.02 Å². The Morgan fingerprint density at radius 1 is 1.05 bits per heavy atom. The molecule has 0 aromatic heterocycles. The molecule has 0 aliphatic heterocycles. The van der Waals surface area contributed by atoms with E-state index in [4.69, 9.17) is 11.6 Å². The third-order valence-corrected chi connectivity index (χ3v) is 3.84. The maximum absolute atomic E-state index is 13.9. The van der Waals surface area contributed by atoms with Crippen LogP contribution in [0.25, 0.3) is 0 Å². The third kappa shape index (κ3) is 4.51. The molecule has 2 rings (SSSR count). The van der Waals surface area contributed by atoms with Crippen molar-refractivity contribution in [2.45, 2.75) is 12.8 Å². The van der Waals surface area contributed by atoms with E-state index in [1.54, 1.807) is 24.3 Å². The Hall–Kier alpha value is -1.45. The largest absolute Gasteiger partial charge is 0.319 e. The van der Waals surface area contributed by atoms with Crippen molar-refractivity contribution in [1.82, 2.24) is 5.32 Å². The molecular weight excluding hydrogens is 292 g/mol. The van der Waals surface area contributed by atoms with Crippen LogP contribution in [0.1, 0.15) is 11.1 Å². The maximum Gasteiger partial charge on any atom is 0.127 e. The van der Waals surface area contributed by atoms with Gasteiger partial charge in [0.15, 0.2) is 0 Å². The molecule has 4 heteroatoms. The summed E-state index contributed by atoms with van der Waals surface area (Å²) in [6.45, 7) is 0.738. The van der Waals surface area contributed by atoms with E-state index < -0.39 is 0 Å². The number of halogens is 3. The zero-order chi connectivity index (χ0) is 15.2. The molecular formula is C17H18ClF2N. The van der Waals surface area contributed by atoms with Crippen molar-refractivity contribution in [1.29, 1.82) is 0 Å². The molecule has 0 aliphatic carbocycles. The van der Waals surface area contributed by atoms with Gasteiger partial charge in [-0.2, -0.15) is 0 Å². The molecule has 0 saturated carbocycles. The van der Waals surface area contributed by atoms with Crippen LogP contribution in [-0.2, 0) is 12.8 Å². The van der Waals surface area contributed by atoms with Gasteiger partial charge in [0.2, 0.25) is 0 Å². The molecule has 21 heavy (non-hydrogen) atoms. The minimum absolute atomic E-state index is 0.190. The molecule has 112 valence electrons. The summed E-state index contributed by atoms with van der Waals surface area (Å²) in [6.07, 6.45) is 1.29. The highest BCUT2D eigenvalue weighted by atomic mass is 35.5. The summed E-state index contributed by atoms with van der Waals surface area (Å²) in [6, 6.07) is 11.2. The summed E-state index contributed by atoms with van der Waals surface area (Å²) >= 11 is 6.09. The predicted molar refractivity (Wildman–Crippen MR) is 82.6 cm³/mol. The molecule has 2 aromatic rings. The molecule has 1 unspecified atom stereocenters. The lowest BCUT2D eigenvalue weighted by Gasteiger charge is -2.18. The first-order valence-electron chi connectivity index (χ1n) is 6.92. The SMILES string of the molecule is CNCC(Cc1ccc(F)cc1)Cc1c(F)cccc1Cl. The van der Waals surface area contributed by atoms with Gasteiger partial charge >= 0.3 is 0 Å². The van der Waals surface area contributed by atoms with Crippen molar-refractivity contribution in [2.75, 3.05) is 13.6 Å². The fraction of sp³-hybridized carbons (Fsp3) is 0.294.